The van der Waals surface area contributed by atoms with Gasteiger partial charge in [-0.05, 0) is 43.2 Å². The van der Waals surface area contributed by atoms with Crippen LogP contribution in [0, 0.1) is 5.92 Å². The molecule has 2 N–H and O–H groups in total. The van der Waals surface area contributed by atoms with Gasteiger partial charge in [-0.2, -0.15) is 0 Å². The number of allylic oxidation sites excluding steroid dienone is 1. The number of hydrogen-bond donors (Lipinski definition) is 2. The number of anilines is 1. The number of pyridine rings is 1. The van der Waals surface area contributed by atoms with Crippen LogP contribution in [0.3, 0.4) is 0 Å². The SMILES string of the molecule is CCN1CCOc2ccc(-c3ccc(C(/C=C4\OC(=O)NC4=O)C(C)C)c(=O)[nH]3)cc21. The summed E-state index contributed by atoms with van der Waals surface area (Å²) in [6.07, 6.45) is 0.727. The lowest BCUT2D eigenvalue weighted by Crippen LogP contribution is -2.32. The largest absolute Gasteiger partial charge is 0.490 e. The Kier molecular flexibility index (Phi) is 5.54. The third-order valence-electron chi connectivity index (χ3n) is 5.60. The Bertz CT molecular complexity index is 1120. The molecule has 3 heterocycles. The van der Waals surface area contributed by atoms with E-state index in [9.17, 15) is 14.4 Å². The van der Waals surface area contributed by atoms with Gasteiger partial charge in [0, 0.05) is 29.3 Å². The Morgan fingerprint density at radius 2 is 1.97 bits per heavy atom. The van der Waals surface area contributed by atoms with Crippen LogP contribution in [0.4, 0.5) is 10.5 Å². The Balaban J connectivity index is 1.68. The molecule has 162 valence electrons. The Morgan fingerprint density at radius 3 is 2.61 bits per heavy atom. The number of hydrogen-bond acceptors (Lipinski definition) is 6. The van der Waals surface area contributed by atoms with Gasteiger partial charge in [0.05, 0.1) is 12.2 Å². The molecule has 0 aliphatic carbocycles. The van der Waals surface area contributed by atoms with Crippen molar-refractivity contribution in [3.05, 3.63) is 58.1 Å². The van der Waals surface area contributed by atoms with Crippen molar-refractivity contribution in [3.63, 3.8) is 0 Å². The first kappa shape index (κ1) is 20.7. The summed E-state index contributed by atoms with van der Waals surface area (Å²) in [6.45, 7) is 8.33. The van der Waals surface area contributed by atoms with Gasteiger partial charge in [-0.1, -0.05) is 19.9 Å². The average molecular weight is 423 g/mol. The number of benzene rings is 1. The molecule has 1 atom stereocenters. The van der Waals surface area contributed by atoms with E-state index in [-0.39, 0.29) is 17.2 Å². The maximum atomic E-state index is 13.0. The van der Waals surface area contributed by atoms with Crippen LogP contribution in [0.1, 0.15) is 32.3 Å². The number of imide groups is 1. The first-order valence-electron chi connectivity index (χ1n) is 10.4. The molecule has 1 saturated heterocycles. The molecule has 0 spiro atoms. The summed E-state index contributed by atoms with van der Waals surface area (Å²) in [6, 6.07) is 9.48. The van der Waals surface area contributed by atoms with Crippen LogP contribution in [0.2, 0.25) is 0 Å². The number of likely N-dealkylation sites (N-methyl/N-ethyl adjacent to an activating group) is 1. The molecule has 2 aliphatic rings. The van der Waals surface area contributed by atoms with Crippen molar-refractivity contribution >= 4 is 17.7 Å². The molecule has 0 saturated carbocycles. The third kappa shape index (κ3) is 4.05. The fourth-order valence-electron chi connectivity index (χ4n) is 3.92. The minimum atomic E-state index is -0.805. The van der Waals surface area contributed by atoms with E-state index in [1.165, 1.54) is 6.08 Å². The van der Waals surface area contributed by atoms with Crippen molar-refractivity contribution in [1.82, 2.24) is 10.3 Å². The molecule has 0 radical (unpaired) electrons. The van der Waals surface area contributed by atoms with Crippen LogP contribution >= 0.6 is 0 Å². The second-order valence-electron chi connectivity index (χ2n) is 7.91. The molecule has 1 aromatic heterocycles. The summed E-state index contributed by atoms with van der Waals surface area (Å²) in [7, 11) is 0. The van der Waals surface area contributed by atoms with Crippen molar-refractivity contribution in [2.24, 2.45) is 5.92 Å². The molecule has 1 fully saturated rings. The Morgan fingerprint density at radius 1 is 1.16 bits per heavy atom. The van der Waals surface area contributed by atoms with E-state index in [0.717, 1.165) is 30.1 Å². The Labute approximate surface area is 179 Å². The van der Waals surface area contributed by atoms with Crippen LogP contribution < -0.4 is 20.5 Å². The fourth-order valence-corrected chi connectivity index (χ4v) is 3.92. The van der Waals surface area contributed by atoms with Crippen molar-refractivity contribution < 1.29 is 19.1 Å². The molecular formula is C23H25N3O5. The highest BCUT2D eigenvalue weighted by molar-refractivity contribution is 6.07. The van der Waals surface area contributed by atoms with E-state index in [1.807, 2.05) is 38.1 Å². The molecule has 8 heteroatoms. The van der Waals surface area contributed by atoms with Gasteiger partial charge >= 0.3 is 6.09 Å². The van der Waals surface area contributed by atoms with Crippen LogP contribution in [0.5, 0.6) is 5.75 Å². The van der Waals surface area contributed by atoms with Gasteiger partial charge in [0.1, 0.15) is 12.4 Å². The number of fused-ring (bicyclic) bond motifs is 1. The highest BCUT2D eigenvalue weighted by Gasteiger charge is 2.29. The minimum absolute atomic E-state index is 0.00515. The standard InChI is InChI=1S/C23H25N3O5/c1-4-26-9-10-30-19-8-5-14(11-18(19)26)17-7-6-15(21(27)24-17)16(13(2)3)12-20-22(28)25-23(29)31-20/h5-8,11-13,16H,4,9-10H2,1-3H3,(H,24,27)(H,25,28,29)/b20-12-. The van der Waals surface area contributed by atoms with Gasteiger partial charge < -0.3 is 19.4 Å². The van der Waals surface area contributed by atoms with Crippen LogP contribution in [0.15, 0.2) is 47.0 Å². The van der Waals surface area contributed by atoms with Gasteiger partial charge in [0.15, 0.2) is 5.76 Å². The second-order valence-corrected chi connectivity index (χ2v) is 7.91. The van der Waals surface area contributed by atoms with Crippen LogP contribution in [-0.2, 0) is 9.53 Å². The minimum Gasteiger partial charge on any atom is -0.490 e. The van der Waals surface area contributed by atoms with E-state index in [1.54, 1.807) is 6.07 Å². The van der Waals surface area contributed by atoms with E-state index in [2.05, 4.69) is 22.1 Å². The van der Waals surface area contributed by atoms with Gasteiger partial charge in [0.25, 0.3) is 11.5 Å². The zero-order valence-electron chi connectivity index (χ0n) is 17.7. The highest BCUT2D eigenvalue weighted by Crippen LogP contribution is 2.35. The number of carbonyl (C=O) groups excluding carboxylic acids is 2. The maximum absolute atomic E-state index is 13.0. The van der Waals surface area contributed by atoms with Gasteiger partial charge in [0.2, 0.25) is 0 Å². The normalized spacial score (nSPS) is 17.9. The Hall–Kier alpha value is -3.55. The van der Waals surface area contributed by atoms with E-state index >= 15 is 0 Å². The number of cyclic esters (lactones) is 1. The number of nitrogens with one attached hydrogen (secondary N) is 2. The zero-order valence-corrected chi connectivity index (χ0v) is 17.7. The van der Waals surface area contributed by atoms with Gasteiger partial charge in [-0.15, -0.1) is 0 Å². The average Bonchev–Trinajstić information content (AvgIpc) is 3.07. The summed E-state index contributed by atoms with van der Waals surface area (Å²) in [5, 5.41) is 2.07. The molecule has 2 aliphatic heterocycles. The monoisotopic (exact) mass is 423 g/mol. The van der Waals surface area contributed by atoms with Gasteiger partial charge in [-0.3, -0.25) is 14.9 Å². The number of ether oxygens (including phenoxy) is 2. The van der Waals surface area contributed by atoms with Crippen LogP contribution in [-0.4, -0.2) is 36.7 Å². The number of amides is 2. The topological polar surface area (TPSA) is 101 Å². The van der Waals surface area contributed by atoms with Crippen molar-refractivity contribution in [2.75, 3.05) is 24.6 Å². The molecule has 8 nitrogen and oxygen atoms in total. The lowest BCUT2D eigenvalue weighted by Gasteiger charge is -2.30. The summed E-state index contributed by atoms with van der Waals surface area (Å²) >= 11 is 0. The molecule has 2 aromatic rings. The molecule has 1 aromatic carbocycles. The summed E-state index contributed by atoms with van der Waals surface area (Å²) < 4.78 is 10.7. The zero-order chi connectivity index (χ0) is 22.1. The lowest BCUT2D eigenvalue weighted by atomic mass is 9.88. The fraction of sp³-hybridized carbons (Fsp3) is 0.348. The predicted octanol–water partition coefficient (Wildman–Crippen LogP) is 3.15. The second kappa shape index (κ2) is 8.29. The summed E-state index contributed by atoms with van der Waals surface area (Å²) in [5.41, 5.74) is 2.83. The maximum Gasteiger partial charge on any atom is 0.419 e. The number of H-pyrrole nitrogens is 1. The van der Waals surface area contributed by atoms with E-state index in [4.69, 9.17) is 9.47 Å². The quantitative estimate of drug-likeness (QED) is 0.717. The number of alkyl carbamates (subject to hydrolysis) is 1. The van der Waals surface area contributed by atoms with Crippen LogP contribution in [0.25, 0.3) is 11.3 Å². The van der Waals surface area contributed by atoms with E-state index in [0.29, 0.717) is 17.9 Å². The van der Waals surface area contributed by atoms with Gasteiger partial charge in [-0.25, -0.2) is 4.79 Å². The molecule has 2 amide bonds. The first-order chi connectivity index (χ1) is 14.9. The van der Waals surface area contributed by atoms with Crippen molar-refractivity contribution in [1.29, 1.82) is 0 Å². The first-order valence-corrected chi connectivity index (χ1v) is 10.4. The number of nitrogens with zero attached hydrogens (tertiary/aromatic N) is 1. The summed E-state index contributed by atoms with van der Waals surface area (Å²) in [5.74, 6) is -0.226. The number of aromatic amines is 1. The summed E-state index contributed by atoms with van der Waals surface area (Å²) in [4.78, 5) is 41.3. The van der Waals surface area contributed by atoms with E-state index < -0.39 is 17.9 Å². The lowest BCUT2D eigenvalue weighted by molar-refractivity contribution is -0.116. The molecule has 31 heavy (non-hydrogen) atoms. The molecule has 4 rings (SSSR count). The molecule has 1 unspecified atom stereocenters. The molecular weight excluding hydrogens is 398 g/mol. The predicted molar refractivity (Wildman–Crippen MR) is 116 cm³/mol. The third-order valence-corrected chi connectivity index (χ3v) is 5.60. The number of rotatable bonds is 5. The van der Waals surface area contributed by atoms with Crippen molar-refractivity contribution in [2.45, 2.75) is 26.7 Å². The number of aromatic nitrogens is 1. The molecule has 0 bridgehead atoms. The highest BCUT2D eigenvalue weighted by atomic mass is 16.6. The number of carbonyl (C=O) groups is 2. The smallest absolute Gasteiger partial charge is 0.419 e. The van der Waals surface area contributed by atoms with Crippen molar-refractivity contribution in [3.8, 4) is 17.0 Å².